The Bertz CT molecular complexity index is 759. The maximum absolute atomic E-state index is 12.7. The Hall–Kier alpha value is -2.69. The van der Waals surface area contributed by atoms with Crippen LogP contribution in [0, 0.1) is 0 Å². The van der Waals surface area contributed by atoms with Crippen LogP contribution in [0.25, 0.3) is 0 Å². The average Bonchev–Trinajstić information content (AvgIpc) is 2.63. The molecule has 1 aliphatic heterocycles. The standard InChI is InChI=1S/C19H19FN2O2/c1-2-14(12-20)13-24-16-6-7-17-15(11-16)8-10-22(19(17)23)18-5-3-4-9-21-18/h3-7,9,11-12H,2,8,10,13H2,1H3/b14-12+. The highest BCUT2D eigenvalue weighted by atomic mass is 19.1. The third-order valence-electron chi connectivity index (χ3n) is 4.12. The number of halogens is 1. The van der Waals surface area contributed by atoms with Gasteiger partial charge in [-0.2, -0.15) is 0 Å². The van der Waals surface area contributed by atoms with Crippen molar-refractivity contribution in [3.8, 4) is 5.75 Å². The number of carbonyl (C=O) groups is 1. The Labute approximate surface area is 140 Å². The van der Waals surface area contributed by atoms with Crippen molar-refractivity contribution in [3.63, 3.8) is 0 Å². The summed E-state index contributed by atoms with van der Waals surface area (Å²) in [6, 6.07) is 10.9. The quantitative estimate of drug-likeness (QED) is 0.836. The number of pyridine rings is 1. The number of hydrogen-bond donors (Lipinski definition) is 0. The molecular weight excluding hydrogens is 307 g/mol. The Morgan fingerprint density at radius 1 is 1.38 bits per heavy atom. The molecule has 0 radical (unpaired) electrons. The number of rotatable bonds is 5. The van der Waals surface area contributed by atoms with Gasteiger partial charge in [-0.3, -0.25) is 9.69 Å². The molecule has 1 aromatic heterocycles. The SMILES string of the molecule is CC/C(=C\F)COc1ccc2c(c1)CCN(c1ccccn1)C2=O. The zero-order chi connectivity index (χ0) is 16.9. The van der Waals surface area contributed by atoms with E-state index in [0.29, 0.717) is 42.0 Å². The largest absolute Gasteiger partial charge is 0.489 e. The van der Waals surface area contributed by atoms with Crippen molar-refractivity contribution in [3.05, 3.63) is 65.6 Å². The van der Waals surface area contributed by atoms with Crippen LogP contribution in [-0.2, 0) is 6.42 Å². The predicted octanol–water partition coefficient (Wildman–Crippen LogP) is 3.93. The summed E-state index contributed by atoms with van der Waals surface area (Å²) in [5.74, 6) is 1.26. The number of carbonyl (C=O) groups excluding carboxylic acids is 1. The molecule has 0 spiro atoms. The fourth-order valence-corrected chi connectivity index (χ4v) is 2.67. The summed E-state index contributed by atoms with van der Waals surface area (Å²) in [6.07, 6.45) is 3.61. The maximum atomic E-state index is 12.7. The van der Waals surface area contributed by atoms with E-state index in [4.69, 9.17) is 4.74 Å². The van der Waals surface area contributed by atoms with Gasteiger partial charge in [0.1, 0.15) is 18.2 Å². The lowest BCUT2D eigenvalue weighted by atomic mass is 9.98. The van der Waals surface area contributed by atoms with Crippen LogP contribution in [0.5, 0.6) is 5.75 Å². The number of benzene rings is 1. The fourth-order valence-electron chi connectivity index (χ4n) is 2.67. The number of anilines is 1. The van der Waals surface area contributed by atoms with Gasteiger partial charge in [-0.1, -0.05) is 13.0 Å². The van der Waals surface area contributed by atoms with Crippen molar-refractivity contribution < 1.29 is 13.9 Å². The van der Waals surface area contributed by atoms with Gasteiger partial charge in [-0.15, -0.1) is 0 Å². The van der Waals surface area contributed by atoms with Crippen LogP contribution in [0.3, 0.4) is 0 Å². The fraction of sp³-hybridized carbons (Fsp3) is 0.263. The Kier molecular flexibility index (Phi) is 4.89. The smallest absolute Gasteiger partial charge is 0.259 e. The number of amides is 1. The van der Waals surface area contributed by atoms with Crippen LogP contribution < -0.4 is 9.64 Å². The zero-order valence-electron chi connectivity index (χ0n) is 13.5. The minimum absolute atomic E-state index is 0.0561. The first-order valence-electron chi connectivity index (χ1n) is 7.99. The number of fused-ring (bicyclic) bond motifs is 1. The molecule has 3 rings (SSSR count). The summed E-state index contributed by atoms with van der Waals surface area (Å²) in [5.41, 5.74) is 2.22. The lowest BCUT2D eigenvalue weighted by Gasteiger charge is -2.28. The van der Waals surface area contributed by atoms with Gasteiger partial charge in [-0.05, 0) is 54.3 Å². The Morgan fingerprint density at radius 2 is 2.25 bits per heavy atom. The first-order chi connectivity index (χ1) is 11.7. The molecule has 0 N–H and O–H groups in total. The van der Waals surface area contributed by atoms with Crippen molar-refractivity contribution in [2.24, 2.45) is 0 Å². The Balaban J connectivity index is 1.77. The first kappa shape index (κ1) is 16.2. The minimum Gasteiger partial charge on any atom is -0.489 e. The zero-order valence-corrected chi connectivity index (χ0v) is 13.5. The lowest BCUT2D eigenvalue weighted by molar-refractivity contribution is 0.0980. The molecule has 0 saturated heterocycles. The molecule has 124 valence electrons. The summed E-state index contributed by atoms with van der Waals surface area (Å²) in [6.45, 7) is 2.68. The summed E-state index contributed by atoms with van der Waals surface area (Å²) < 4.78 is 18.2. The lowest BCUT2D eigenvalue weighted by Crippen LogP contribution is -2.38. The summed E-state index contributed by atoms with van der Waals surface area (Å²) in [7, 11) is 0. The van der Waals surface area contributed by atoms with Gasteiger partial charge in [-0.25, -0.2) is 9.37 Å². The van der Waals surface area contributed by atoms with Crippen molar-refractivity contribution in [2.75, 3.05) is 18.1 Å². The van der Waals surface area contributed by atoms with Gasteiger partial charge in [0.25, 0.3) is 5.91 Å². The topological polar surface area (TPSA) is 42.4 Å². The van der Waals surface area contributed by atoms with Crippen molar-refractivity contribution >= 4 is 11.7 Å². The van der Waals surface area contributed by atoms with E-state index in [-0.39, 0.29) is 12.5 Å². The minimum atomic E-state index is -0.0561. The highest BCUT2D eigenvalue weighted by Crippen LogP contribution is 2.26. The third kappa shape index (κ3) is 3.30. The second-order valence-corrected chi connectivity index (χ2v) is 5.62. The maximum Gasteiger partial charge on any atom is 0.259 e. The van der Waals surface area contributed by atoms with E-state index in [1.807, 2.05) is 31.2 Å². The Morgan fingerprint density at radius 3 is 2.96 bits per heavy atom. The summed E-state index contributed by atoms with van der Waals surface area (Å²) in [5, 5.41) is 0. The molecule has 0 unspecified atom stereocenters. The normalized spacial score (nSPS) is 14.5. The number of aromatic nitrogens is 1. The van der Waals surface area contributed by atoms with Gasteiger partial charge < -0.3 is 4.74 Å². The second-order valence-electron chi connectivity index (χ2n) is 5.62. The van der Waals surface area contributed by atoms with Crippen molar-refractivity contribution in [1.29, 1.82) is 0 Å². The molecule has 1 aliphatic rings. The number of nitrogens with zero attached hydrogens (tertiary/aromatic N) is 2. The predicted molar refractivity (Wildman–Crippen MR) is 91.0 cm³/mol. The highest BCUT2D eigenvalue weighted by Gasteiger charge is 2.26. The van der Waals surface area contributed by atoms with Crippen LogP contribution >= 0.6 is 0 Å². The number of hydrogen-bond acceptors (Lipinski definition) is 3. The summed E-state index contributed by atoms with van der Waals surface area (Å²) >= 11 is 0. The second kappa shape index (κ2) is 7.25. The molecule has 0 aliphatic carbocycles. The van der Waals surface area contributed by atoms with Crippen LogP contribution in [-0.4, -0.2) is 24.0 Å². The molecule has 0 atom stereocenters. The van der Waals surface area contributed by atoms with Gasteiger partial charge >= 0.3 is 0 Å². The highest BCUT2D eigenvalue weighted by molar-refractivity contribution is 6.07. The van der Waals surface area contributed by atoms with E-state index < -0.39 is 0 Å². The molecule has 24 heavy (non-hydrogen) atoms. The van der Waals surface area contributed by atoms with Gasteiger partial charge in [0.2, 0.25) is 0 Å². The van der Waals surface area contributed by atoms with Crippen LogP contribution in [0.1, 0.15) is 29.3 Å². The molecular formula is C19H19FN2O2. The number of ether oxygens (including phenoxy) is 1. The molecule has 1 aromatic carbocycles. The van der Waals surface area contributed by atoms with E-state index in [1.54, 1.807) is 23.2 Å². The van der Waals surface area contributed by atoms with E-state index in [1.165, 1.54) is 0 Å². The first-order valence-corrected chi connectivity index (χ1v) is 7.99. The van der Waals surface area contributed by atoms with Gasteiger partial charge in [0.15, 0.2) is 0 Å². The van der Waals surface area contributed by atoms with Crippen LogP contribution in [0.15, 0.2) is 54.5 Å². The van der Waals surface area contributed by atoms with E-state index in [0.717, 1.165) is 12.0 Å². The molecule has 0 fully saturated rings. The average molecular weight is 326 g/mol. The van der Waals surface area contributed by atoms with Gasteiger partial charge in [0.05, 0.1) is 6.33 Å². The monoisotopic (exact) mass is 326 g/mol. The molecule has 2 aromatic rings. The summed E-state index contributed by atoms with van der Waals surface area (Å²) in [4.78, 5) is 18.6. The van der Waals surface area contributed by atoms with Crippen LogP contribution in [0.4, 0.5) is 10.2 Å². The third-order valence-corrected chi connectivity index (χ3v) is 4.12. The van der Waals surface area contributed by atoms with E-state index in [9.17, 15) is 9.18 Å². The molecule has 0 bridgehead atoms. The van der Waals surface area contributed by atoms with Crippen LogP contribution in [0.2, 0.25) is 0 Å². The molecule has 1 amide bonds. The van der Waals surface area contributed by atoms with Crippen molar-refractivity contribution in [2.45, 2.75) is 19.8 Å². The molecule has 4 nitrogen and oxygen atoms in total. The molecule has 2 heterocycles. The van der Waals surface area contributed by atoms with Crippen molar-refractivity contribution in [1.82, 2.24) is 4.98 Å². The molecule has 0 saturated carbocycles. The van der Waals surface area contributed by atoms with Gasteiger partial charge in [0, 0.05) is 18.3 Å². The van der Waals surface area contributed by atoms with E-state index >= 15 is 0 Å². The van der Waals surface area contributed by atoms with E-state index in [2.05, 4.69) is 4.98 Å². The molecule has 5 heteroatoms.